The summed E-state index contributed by atoms with van der Waals surface area (Å²) in [4.78, 5) is 13.6. The number of likely N-dealkylation sites (N-methyl/N-ethyl adjacent to an activating group) is 1. The van der Waals surface area contributed by atoms with Gasteiger partial charge in [-0.25, -0.2) is 4.79 Å². The fourth-order valence-corrected chi connectivity index (χ4v) is 2.23. The Balaban J connectivity index is 2.23. The highest BCUT2D eigenvalue weighted by atomic mass is 35.5. The van der Waals surface area contributed by atoms with Crippen LogP contribution in [0, 0.1) is 6.92 Å². The second-order valence-corrected chi connectivity index (χ2v) is 4.61. The Hall–Kier alpha value is -1.26. The molecule has 2 N–H and O–H groups in total. The van der Waals surface area contributed by atoms with E-state index in [0.717, 1.165) is 17.8 Å². The van der Waals surface area contributed by atoms with Crippen LogP contribution in [0.25, 0.3) is 0 Å². The lowest BCUT2D eigenvalue weighted by molar-refractivity contribution is 0.250. The predicted octanol–water partition coefficient (Wildman–Crippen LogP) is 1.77. The van der Waals surface area contributed by atoms with Crippen LogP contribution in [0.5, 0.6) is 0 Å². The van der Waals surface area contributed by atoms with Gasteiger partial charge in [-0.1, -0.05) is 17.7 Å². The van der Waals surface area contributed by atoms with Crippen LogP contribution in [-0.4, -0.2) is 32.2 Å². The number of benzene rings is 1. The van der Waals surface area contributed by atoms with E-state index in [1.807, 2.05) is 32.2 Å². The molecule has 0 spiro atoms. The van der Waals surface area contributed by atoms with Gasteiger partial charge in [0.2, 0.25) is 0 Å². The van der Waals surface area contributed by atoms with Crippen molar-refractivity contribution >= 4 is 23.3 Å². The van der Waals surface area contributed by atoms with Crippen LogP contribution in [0.1, 0.15) is 5.56 Å². The standard InChI is InChI=1S/C12H16ClN3O/c1-8-10(13)4-3-5-11(8)16-7-9(6-14-2)15-12(16)17/h3-5,9,14H,6-7H2,1-2H3,(H,15,17). The molecule has 17 heavy (non-hydrogen) atoms. The van der Waals surface area contributed by atoms with E-state index in [2.05, 4.69) is 10.6 Å². The van der Waals surface area contributed by atoms with Crippen molar-refractivity contribution < 1.29 is 4.79 Å². The Morgan fingerprint density at radius 2 is 2.35 bits per heavy atom. The highest BCUT2D eigenvalue weighted by molar-refractivity contribution is 6.31. The van der Waals surface area contributed by atoms with Gasteiger partial charge >= 0.3 is 6.03 Å². The lowest BCUT2D eigenvalue weighted by Gasteiger charge is -2.18. The Bertz CT molecular complexity index is 436. The van der Waals surface area contributed by atoms with Gasteiger partial charge in [-0.05, 0) is 31.7 Å². The molecule has 92 valence electrons. The van der Waals surface area contributed by atoms with Crippen LogP contribution in [-0.2, 0) is 0 Å². The van der Waals surface area contributed by atoms with E-state index >= 15 is 0 Å². The average Bonchev–Trinajstić information content (AvgIpc) is 2.64. The fraction of sp³-hybridized carbons (Fsp3) is 0.417. The van der Waals surface area contributed by atoms with Crippen LogP contribution in [0.4, 0.5) is 10.5 Å². The molecule has 0 radical (unpaired) electrons. The Kier molecular flexibility index (Phi) is 3.54. The molecule has 1 aromatic rings. The lowest BCUT2D eigenvalue weighted by Crippen LogP contribution is -2.35. The topological polar surface area (TPSA) is 44.4 Å². The molecule has 1 heterocycles. The molecular formula is C12H16ClN3O. The lowest BCUT2D eigenvalue weighted by atomic mass is 10.2. The summed E-state index contributed by atoms with van der Waals surface area (Å²) in [6, 6.07) is 5.70. The Labute approximate surface area is 106 Å². The molecule has 0 bridgehead atoms. The number of anilines is 1. The molecular weight excluding hydrogens is 238 g/mol. The molecule has 0 aliphatic carbocycles. The van der Waals surface area contributed by atoms with Crippen molar-refractivity contribution in [1.82, 2.24) is 10.6 Å². The first-order chi connectivity index (χ1) is 8.13. The summed E-state index contributed by atoms with van der Waals surface area (Å²) in [5, 5.41) is 6.68. The number of hydrogen-bond donors (Lipinski definition) is 2. The van der Waals surface area contributed by atoms with E-state index in [1.165, 1.54) is 0 Å². The first-order valence-electron chi connectivity index (χ1n) is 5.61. The summed E-state index contributed by atoms with van der Waals surface area (Å²) in [5.41, 5.74) is 1.82. The third-order valence-corrected chi connectivity index (χ3v) is 3.37. The van der Waals surface area contributed by atoms with E-state index < -0.39 is 0 Å². The molecule has 0 saturated carbocycles. The van der Waals surface area contributed by atoms with Gasteiger partial charge in [-0.2, -0.15) is 0 Å². The van der Waals surface area contributed by atoms with Crippen molar-refractivity contribution in [2.45, 2.75) is 13.0 Å². The number of rotatable bonds is 3. The minimum absolute atomic E-state index is 0.0596. The number of halogens is 1. The monoisotopic (exact) mass is 253 g/mol. The van der Waals surface area contributed by atoms with Crippen molar-refractivity contribution in [3.63, 3.8) is 0 Å². The first kappa shape index (κ1) is 12.2. The zero-order valence-corrected chi connectivity index (χ0v) is 10.7. The summed E-state index contributed by atoms with van der Waals surface area (Å²) in [7, 11) is 1.87. The normalized spacial score (nSPS) is 19.6. The molecule has 4 nitrogen and oxygen atoms in total. The minimum atomic E-state index is -0.0596. The van der Waals surface area contributed by atoms with Crippen molar-refractivity contribution in [3.05, 3.63) is 28.8 Å². The van der Waals surface area contributed by atoms with Crippen molar-refractivity contribution in [3.8, 4) is 0 Å². The number of amides is 2. The molecule has 1 fully saturated rings. The van der Waals surface area contributed by atoms with Crippen LogP contribution in [0.15, 0.2) is 18.2 Å². The quantitative estimate of drug-likeness (QED) is 0.862. The molecule has 1 saturated heterocycles. The number of carbonyl (C=O) groups is 1. The number of hydrogen-bond acceptors (Lipinski definition) is 2. The smallest absolute Gasteiger partial charge is 0.322 e. The van der Waals surface area contributed by atoms with E-state index in [-0.39, 0.29) is 12.1 Å². The fourth-order valence-electron chi connectivity index (χ4n) is 2.06. The third kappa shape index (κ3) is 2.37. The van der Waals surface area contributed by atoms with E-state index in [0.29, 0.717) is 11.6 Å². The maximum Gasteiger partial charge on any atom is 0.322 e. The molecule has 2 rings (SSSR count). The van der Waals surface area contributed by atoms with Crippen molar-refractivity contribution in [2.75, 3.05) is 25.0 Å². The maximum absolute atomic E-state index is 11.9. The average molecular weight is 254 g/mol. The van der Waals surface area contributed by atoms with Gasteiger partial charge in [0, 0.05) is 23.8 Å². The largest absolute Gasteiger partial charge is 0.332 e. The molecule has 0 aromatic heterocycles. The maximum atomic E-state index is 11.9. The van der Waals surface area contributed by atoms with Gasteiger partial charge in [-0.3, -0.25) is 4.90 Å². The molecule has 2 amide bonds. The van der Waals surface area contributed by atoms with Crippen molar-refractivity contribution in [1.29, 1.82) is 0 Å². The van der Waals surface area contributed by atoms with Crippen LogP contribution < -0.4 is 15.5 Å². The molecule has 5 heteroatoms. The van der Waals surface area contributed by atoms with Gasteiger partial charge < -0.3 is 10.6 Å². The van der Waals surface area contributed by atoms with Crippen LogP contribution in [0.3, 0.4) is 0 Å². The summed E-state index contributed by atoms with van der Waals surface area (Å²) >= 11 is 6.07. The van der Waals surface area contributed by atoms with Gasteiger partial charge in [0.25, 0.3) is 0 Å². The predicted molar refractivity (Wildman–Crippen MR) is 69.8 cm³/mol. The second kappa shape index (κ2) is 4.94. The molecule has 1 aliphatic rings. The van der Waals surface area contributed by atoms with Crippen molar-refractivity contribution in [2.24, 2.45) is 0 Å². The summed E-state index contributed by atoms with van der Waals surface area (Å²) in [6.07, 6.45) is 0. The number of urea groups is 1. The minimum Gasteiger partial charge on any atom is -0.332 e. The number of carbonyl (C=O) groups excluding carboxylic acids is 1. The molecule has 1 atom stereocenters. The SMILES string of the molecule is CNCC1CN(c2cccc(Cl)c2C)C(=O)N1. The highest BCUT2D eigenvalue weighted by Gasteiger charge is 2.30. The van der Waals surface area contributed by atoms with Gasteiger partial charge in [0.05, 0.1) is 6.04 Å². The van der Waals surface area contributed by atoms with Gasteiger partial charge in [-0.15, -0.1) is 0 Å². The summed E-state index contributed by atoms with van der Waals surface area (Å²) < 4.78 is 0. The molecule has 1 aliphatic heterocycles. The Morgan fingerprint density at radius 1 is 1.59 bits per heavy atom. The van der Waals surface area contributed by atoms with Gasteiger partial charge in [0.15, 0.2) is 0 Å². The summed E-state index contributed by atoms with van der Waals surface area (Å²) in [6.45, 7) is 3.36. The summed E-state index contributed by atoms with van der Waals surface area (Å²) in [5.74, 6) is 0. The molecule has 1 aromatic carbocycles. The zero-order valence-electron chi connectivity index (χ0n) is 9.96. The highest BCUT2D eigenvalue weighted by Crippen LogP contribution is 2.28. The van der Waals surface area contributed by atoms with Crippen LogP contribution in [0.2, 0.25) is 5.02 Å². The molecule has 1 unspecified atom stereocenters. The third-order valence-electron chi connectivity index (χ3n) is 2.96. The second-order valence-electron chi connectivity index (χ2n) is 4.20. The van der Waals surface area contributed by atoms with E-state index in [9.17, 15) is 4.79 Å². The zero-order chi connectivity index (χ0) is 12.4. The number of nitrogens with zero attached hydrogens (tertiary/aromatic N) is 1. The number of nitrogens with one attached hydrogen (secondary N) is 2. The van der Waals surface area contributed by atoms with Gasteiger partial charge in [0.1, 0.15) is 0 Å². The van der Waals surface area contributed by atoms with E-state index in [4.69, 9.17) is 11.6 Å². The van der Waals surface area contributed by atoms with Crippen LogP contribution >= 0.6 is 11.6 Å². The first-order valence-corrected chi connectivity index (χ1v) is 5.99. The Morgan fingerprint density at radius 3 is 3.06 bits per heavy atom. The van der Waals surface area contributed by atoms with E-state index in [1.54, 1.807) is 4.90 Å².